The molecule has 0 amide bonds. The molecule has 108 valence electrons. The first-order chi connectivity index (χ1) is 9.40. The Bertz CT molecular complexity index is 679. The van der Waals surface area contributed by atoms with E-state index in [1.54, 1.807) is 24.1 Å². The second-order valence-electron chi connectivity index (χ2n) is 4.49. The molecule has 2 aromatic heterocycles. The van der Waals surface area contributed by atoms with Gasteiger partial charge in [0, 0.05) is 39.1 Å². The fourth-order valence-corrected chi connectivity index (χ4v) is 2.21. The van der Waals surface area contributed by atoms with Crippen molar-refractivity contribution < 1.29 is 8.42 Å². The van der Waals surface area contributed by atoms with E-state index in [-0.39, 0.29) is 6.54 Å². The maximum absolute atomic E-state index is 11.7. The van der Waals surface area contributed by atoms with Crippen molar-refractivity contribution in [2.75, 3.05) is 14.1 Å². The minimum Gasteiger partial charge on any atom is -0.271 e. The number of hydrogen-bond donors (Lipinski definition) is 1. The van der Waals surface area contributed by atoms with Gasteiger partial charge in [-0.25, -0.2) is 0 Å². The van der Waals surface area contributed by atoms with Crippen molar-refractivity contribution >= 4 is 10.2 Å². The van der Waals surface area contributed by atoms with Crippen molar-refractivity contribution in [3.05, 3.63) is 36.3 Å². The molecule has 0 aliphatic rings. The maximum Gasteiger partial charge on any atom is 0.279 e. The van der Waals surface area contributed by atoms with Crippen LogP contribution in [-0.4, -0.2) is 41.6 Å². The molecule has 0 aliphatic carbocycles. The lowest BCUT2D eigenvalue weighted by Gasteiger charge is -2.12. The first-order valence-corrected chi connectivity index (χ1v) is 7.44. The normalized spacial score (nSPS) is 12.0. The standard InChI is InChI=1S/C12H17N5O2S/c1-16(2)20(18,19)14-9-11-7-12(15-17(11)3)10-5-4-6-13-8-10/h4-8,14H,9H2,1-3H3. The average molecular weight is 295 g/mol. The van der Waals surface area contributed by atoms with Gasteiger partial charge in [0.1, 0.15) is 0 Å². The predicted octanol–water partition coefficient (Wildman–Crippen LogP) is 0.378. The molecule has 8 heteroatoms. The molecule has 0 saturated heterocycles. The molecule has 0 spiro atoms. The van der Waals surface area contributed by atoms with Crippen LogP contribution in [0.3, 0.4) is 0 Å². The molecular weight excluding hydrogens is 278 g/mol. The SMILES string of the molecule is CN(C)S(=O)(=O)NCc1cc(-c2cccnc2)nn1C. The number of hydrogen-bond acceptors (Lipinski definition) is 4. The molecule has 0 atom stereocenters. The van der Waals surface area contributed by atoms with Crippen LogP contribution in [0.1, 0.15) is 5.69 Å². The molecule has 20 heavy (non-hydrogen) atoms. The van der Waals surface area contributed by atoms with Crippen LogP contribution in [0.4, 0.5) is 0 Å². The van der Waals surface area contributed by atoms with E-state index in [4.69, 9.17) is 0 Å². The van der Waals surface area contributed by atoms with E-state index in [0.29, 0.717) is 0 Å². The molecule has 0 aliphatic heterocycles. The first kappa shape index (κ1) is 14.6. The van der Waals surface area contributed by atoms with E-state index in [1.807, 2.05) is 18.2 Å². The van der Waals surface area contributed by atoms with Crippen LogP contribution in [0.2, 0.25) is 0 Å². The Morgan fingerprint density at radius 3 is 2.75 bits per heavy atom. The molecular formula is C12H17N5O2S. The molecule has 7 nitrogen and oxygen atoms in total. The summed E-state index contributed by atoms with van der Waals surface area (Å²) in [5, 5.41) is 4.35. The lowest BCUT2D eigenvalue weighted by Crippen LogP contribution is -2.35. The van der Waals surface area contributed by atoms with Gasteiger partial charge in [-0.05, 0) is 18.2 Å². The van der Waals surface area contributed by atoms with Crippen molar-refractivity contribution in [3.8, 4) is 11.3 Å². The Labute approximate surface area is 118 Å². The Morgan fingerprint density at radius 1 is 1.40 bits per heavy atom. The minimum absolute atomic E-state index is 0.185. The number of aromatic nitrogens is 3. The quantitative estimate of drug-likeness (QED) is 0.864. The van der Waals surface area contributed by atoms with Gasteiger partial charge in [-0.1, -0.05) is 0 Å². The van der Waals surface area contributed by atoms with Crippen molar-refractivity contribution in [3.63, 3.8) is 0 Å². The number of nitrogens with one attached hydrogen (secondary N) is 1. The summed E-state index contributed by atoms with van der Waals surface area (Å²) >= 11 is 0. The van der Waals surface area contributed by atoms with E-state index in [0.717, 1.165) is 21.3 Å². The molecule has 0 saturated carbocycles. The van der Waals surface area contributed by atoms with Gasteiger partial charge in [0.2, 0.25) is 0 Å². The molecule has 1 N–H and O–H groups in total. The van der Waals surface area contributed by atoms with Gasteiger partial charge >= 0.3 is 0 Å². The Balaban J connectivity index is 2.17. The Kier molecular flexibility index (Phi) is 4.17. The molecule has 0 aromatic carbocycles. The number of nitrogens with zero attached hydrogens (tertiary/aromatic N) is 4. The third kappa shape index (κ3) is 3.21. The van der Waals surface area contributed by atoms with Crippen LogP contribution in [-0.2, 0) is 23.8 Å². The lowest BCUT2D eigenvalue weighted by atomic mass is 10.2. The summed E-state index contributed by atoms with van der Waals surface area (Å²) in [7, 11) is 1.30. The second-order valence-corrected chi connectivity index (χ2v) is 6.46. The van der Waals surface area contributed by atoms with Crippen LogP contribution >= 0.6 is 0 Å². The highest BCUT2D eigenvalue weighted by Gasteiger charge is 2.14. The minimum atomic E-state index is -3.44. The summed E-state index contributed by atoms with van der Waals surface area (Å²) in [4.78, 5) is 4.04. The lowest BCUT2D eigenvalue weighted by molar-refractivity contribution is 0.503. The first-order valence-electron chi connectivity index (χ1n) is 6.00. The van der Waals surface area contributed by atoms with E-state index < -0.39 is 10.2 Å². The molecule has 0 radical (unpaired) electrons. The van der Waals surface area contributed by atoms with Gasteiger partial charge in [0.15, 0.2) is 0 Å². The monoisotopic (exact) mass is 295 g/mol. The van der Waals surface area contributed by atoms with Gasteiger partial charge in [-0.3, -0.25) is 9.67 Å². The molecule has 2 rings (SSSR count). The predicted molar refractivity (Wildman–Crippen MR) is 75.9 cm³/mol. The Morgan fingerprint density at radius 2 is 2.15 bits per heavy atom. The summed E-state index contributed by atoms with van der Waals surface area (Å²) in [6, 6.07) is 5.58. The zero-order valence-corrected chi connectivity index (χ0v) is 12.4. The second kappa shape index (κ2) is 5.70. The molecule has 0 unspecified atom stereocenters. The zero-order chi connectivity index (χ0) is 14.8. The van der Waals surface area contributed by atoms with E-state index in [9.17, 15) is 8.42 Å². The summed E-state index contributed by atoms with van der Waals surface area (Å²) in [6.07, 6.45) is 3.41. The van der Waals surface area contributed by atoms with Gasteiger partial charge in [-0.15, -0.1) is 0 Å². The zero-order valence-electron chi connectivity index (χ0n) is 11.6. The highest BCUT2D eigenvalue weighted by Crippen LogP contribution is 2.17. The third-order valence-corrected chi connectivity index (χ3v) is 4.32. The van der Waals surface area contributed by atoms with Crippen LogP contribution < -0.4 is 4.72 Å². The van der Waals surface area contributed by atoms with Crippen LogP contribution in [0, 0.1) is 0 Å². The summed E-state index contributed by atoms with van der Waals surface area (Å²) in [6.45, 7) is 0.185. The topological polar surface area (TPSA) is 80.1 Å². The van der Waals surface area contributed by atoms with Crippen LogP contribution in [0.25, 0.3) is 11.3 Å². The van der Waals surface area contributed by atoms with Gasteiger partial charge < -0.3 is 0 Å². The van der Waals surface area contributed by atoms with Gasteiger partial charge in [0.25, 0.3) is 10.2 Å². The van der Waals surface area contributed by atoms with Crippen molar-refractivity contribution in [1.82, 2.24) is 23.8 Å². The smallest absolute Gasteiger partial charge is 0.271 e. The molecule has 0 bridgehead atoms. The van der Waals surface area contributed by atoms with Gasteiger partial charge in [-0.2, -0.15) is 22.5 Å². The summed E-state index contributed by atoms with van der Waals surface area (Å²) < 4.78 is 28.6. The van der Waals surface area contributed by atoms with E-state index >= 15 is 0 Å². The van der Waals surface area contributed by atoms with E-state index in [2.05, 4.69) is 14.8 Å². The molecule has 0 fully saturated rings. The van der Waals surface area contributed by atoms with Crippen molar-refractivity contribution in [1.29, 1.82) is 0 Å². The number of rotatable bonds is 5. The maximum atomic E-state index is 11.7. The fourth-order valence-electron chi connectivity index (χ4n) is 1.62. The fraction of sp³-hybridized carbons (Fsp3) is 0.333. The third-order valence-electron chi connectivity index (χ3n) is 2.85. The number of aryl methyl sites for hydroxylation is 1. The summed E-state index contributed by atoms with van der Waals surface area (Å²) in [5.41, 5.74) is 2.43. The summed E-state index contributed by atoms with van der Waals surface area (Å²) in [5.74, 6) is 0. The average Bonchev–Trinajstić information content (AvgIpc) is 2.79. The van der Waals surface area contributed by atoms with Crippen LogP contribution in [0.5, 0.6) is 0 Å². The largest absolute Gasteiger partial charge is 0.279 e. The number of pyridine rings is 1. The van der Waals surface area contributed by atoms with Gasteiger partial charge in [0.05, 0.1) is 17.9 Å². The highest BCUT2D eigenvalue weighted by atomic mass is 32.2. The molecule has 2 aromatic rings. The Hall–Kier alpha value is -1.77. The van der Waals surface area contributed by atoms with E-state index in [1.165, 1.54) is 14.1 Å². The highest BCUT2D eigenvalue weighted by molar-refractivity contribution is 7.87. The van der Waals surface area contributed by atoms with Crippen molar-refractivity contribution in [2.45, 2.75) is 6.54 Å². The van der Waals surface area contributed by atoms with Crippen LogP contribution in [0.15, 0.2) is 30.6 Å². The van der Waals surface area contributed by atoms with Crippen molar-refractivity contribution in [2.24, 2.45) is 7.05 Å². The molecule has 2 heterocycles.